The number of nitrogens with two attached hydrogens (primary N) is 1. The van der Waals surface area contributed by atoms with E-state index < -0.39 is 0 Å². The maximum absolute atomic E-state index is 12.1. The largest absolute Gasteiger partial charge is 0.383 e. The number of methoxy groups -OCH3 is 1. The first-order valence-corrected chi connectivity index (χ1v) is 6.25. The molecule has 0 spiro atoms. The Kier molecular flexibility index (Phi) is 5.77. The van der Waals surface area contributed by atoms with E-state index in [1.165, 1.54) is 0 Å². The van der Waals surface area contributed by atoms with Crippen molar-refractivity contribution in [3.8, 4) is 0 Å². The van der Waals surface area contributed by atoms with Crippen molar-refractivity contribution in [2.75, 3.05) is 20.3 Å². The van der Waals surface area contributed by atoms with Gasteiger partial charge in [-0.1, -0.05) is 19.8 Å². The molecule has 2 N–H and O–H groups in total. The quantitative estimate of drug-likeness (QED) is 0.678. The van der Waals surface area contributed by atoms with Gasteiger partial charge in [0.1, 0.15) is 0 Å². The first-order chi connectivity index (χ1) is 7.70. The maximum Gasteiger partial charge on any atom is 0.239 e. The summed E-state index contributed by atoms with van der Waals surface area (Å²) in [5.74, 6) is 0.105. The molecule has 16 heavy (non-hydrogen) atoms. The van der Waals surface area contributed by atoms with Crippen molar-refractivity contribution in [2.45, 2.75) is 51.1 Å². The van der Waals surface area contributed by atoms with Crippen LogP contribution in [0, 0.1) is 0 Å². The zero-order chi connectivity index (χ0) is 12.0. The van der Waals surface area contributed by atoms with Crippen LogP contribution in [0.1, 0.15) is 39.0 Å². The van der Waals surface area contributed by atoms with Gasteiger partial charge in [0.15, 0.2) is 0 Å². The van der Waals surface area contributed by atoms with E-state index >= 15 is 0 Å². The van der Waals surface area contributed by atoms with Gasteiger partial charge in [-0.3, -0.25) is 4.79 Å². The fraction of sp³-hybridized carbons (Fsp3) is 0.917. The molecule has 1 saturated carbocycles. The van der Waals surface area contributed by atoms with E-state index in [-0.39, 0.29) is 11.9 Å². The van der Waals surface area contributed by atoms with Crippen molar-refractivity contribution in [1.29, 1.82) is 0 Å². The Morgan fingerprint density at radius 3 is 2.75 bits per heavy atom. The molecule has 1 unspecified atom stereocenters. The lowest BCUT2D eigenvalue weighted by Gasteiger charge is -2.25. The van der Waals surface area contributed by atoms with Crippen LogP contribution in [-0.2, 0) is 9.53 Å². The molecule has 0 radical (unpaired) electrons. The third-order valence-electron chi connectivity index (χ3n) is 2.99. The minimum Gasteiger partial charge on any atom is -0.383 e. The van der Waals surface area contributed by atoms with Crippen LogP contribution >= 0.6 is 0 Å². The van der Waals surface area contributed by atoms with E-state index in [9.17, 15) is 4.79 Å². The summed E-state index contributed by atoms with van der Waals surface area (Å²) in [6.07, 6.45) is 5.15. The summed E-state index contributed by atoms with van der Waals surface area (Å²) in [4.78, 5) is 14.0. The van der Waals surface area contributed by atoms with Crippen LogP contribution in [0.5, 0.6) is 0 Å². The van der Waals surface area contributed by atoms with Gasteiger partial charge in [-0.15, -0.1) is 0 Å². The molecular weight excluding hydrogens is 204 g/mol. The summed E-state index contributed by atoms with van der Waals surface area (Å²) in [7, 11) is 1.66. The molecule has 0 saturated heterocycles. The number of carbonyl (C=O) groups excluding carboxylic acids is 1. The first kappa shape index (κ1) is 13.5. The fourth-order valence-electron chi connectivity index (χ4n) is 1.81. The Morgan fingerprint density at radius 2 is 2.25 bits per heavy atom. The minimum atomic E-state index is -0.322. The van der Waals surface area contributed by atoms with Crippen molar-refractivity contribution < 1.29 is 9.53 Å². The lowest BCUT2D eigenvalue weighted by Crippen LogP contribution is -2.46. The summed E-state index contributed by atoms with van der Waals surface area (Å²) in [5.41, 5.74) is 5.91. The smallest absolute Gasteiger partial charge is 0.239 e. The third kappa shape index (κ3) is 4.10. The normalized spacial score (nSPS) is 17.2. The fourth-order valence-corrected chi connectivity index (χ4v) is 1.81. The van der Waals surface area contributed by atoms with Crippen LogP contribution in [0.15, 0.2) is 0 Å². The standard InChI is InChI=1S/C12H24N2O2/c1-3-4-5-11(13)12(15)14(8-9-16-2)10-6-7-10/h10-11H,3-9,13H2,1-2H3. The summed E-state index contributed by atoms with van der Waals surface area (Å²) in [5, 5.41) is 0. The first-order valence-electron chi connectivity index (χ1n) is 6.25. The molecule has 1 aliphatic rings. The van der Waals surface area contributed by atoms with Gasteiger partial charge in [0.2, 0.25) is 5.91 Å². The molecule has 4 heteroatoms. The van der Waals surface area contributed by atoms with E-state index in [4.69, 9.17) is 10.5 Å². The van der Waals surface area contributed by atoms with Gasteiger partial charge < -0.3 is 15.4 Å². The Hall–Kier alpha value is -0.610. The number of ether oxygens (including phenoxy) is 1. The summed E-state index contributed by atoms with van der Waals surface area (Å²) in [6.45, 7) is 3.39. The average molecular weight is 228 g/mol. The highest BCUT2D eigenvalue weighted by molar-refractivity contribution is 5.82. The van der Waals surface area contributed by atoms with Crippen LogP contribution in [-0.4, -0.2) is 43.2 Å². The van der Waals surface area contributed by atoms with Crippen molar-refractivity contribution in [2.24, 2.45) is 5.73 Å². The molecule has 1 rings (SSSR count). The Balaban J connectivity index is 2.39. The second-order valence-corrected chi connectivity index (χ2v) is 4.50. The van der Waals surface area contributed by atoms with Gasteiger partial charge in [0, 0.05) is 19.7 Å². The SMILES string of the molecule is CCCCC(N)C(=O)N(CCOC)C1CC1. The number of hydrogen-bond donors (Lipinski definition) is 1. The van der Waals surface area contributed by atoms with Gasteiger partial charge in [-0.05, 0) is 19.3 Å². The summed E-state index contributed by atoms with van der Waals surface area (Å²) < 4.78 is 5.03. The van der Waals surface area contributed by atoms with Crippen molar-refractivity contribution >= 4 is 5.91 Å². The third-order valence-corrected chi connectivity index (χ3v) is 2.99. The topological polar surface area (TPSA) is 55.6 Å². The van der Waals surface area contributed by atoms with Crippen molar-refractivity contribution in [3.63, 3.8) is 0 Å². The number of amides is 1. The van der Waals surface area contributed by atoms with Crippen LogP contribution in [0.3, 0.4) is 0 Å². The van der Waals surface area contributed by atoms with Crippen LogP contribution in [0.4, 0.5) is 0 Å². The molecule has 0 aromatic heterocycles. The molecule has 4 nitrogen and oxygen atoms in total. The number of nitrogens with zero attached hydrogens (tertiary/aromatic N) is 1. The van der Waals surface area contributed by atoms with Gasteiger partial charge in [0.25, 0.3) is 0 Å². The van der Waals surface area contributed by atoms with Crippen molar-refractivity contribution in [1.82, 2.24) is 4.90 Å². The van der Waals surface area contributed by atoms with Gasteiger partial charge >= 0.3 is 0 Å². The van der Waals surface area contributed by atoms with E-state index in [1.807, 2.05) is 4.90 Å². The number of hydrogen-bond acceptors (Lipinski definition) is 3. The number of unbranched alkanes of at least 4 members (excludes halogenated alkanes) is 1. The van der Waals surface area contributed by atoms with Crippen LogP contribution in [0.25, 0.3) is 0 Å². The highest BCUT2D eigenvalue weighted by Crippen LogP contribution is 2.27. The predicted molar refractivity (Wildman–Crippen MR) is 64.1 cm³/mol. The van der Waals surface area contributed by atoms with E-state index in [0.29, 0.717) is 19.2 Å². The Labute approximate surface area is 98.1 Å². The highest BCUT2D eigenvalue weighted by atomic mass is 16.5. The lowest BCUT2D eigenvalue weighted by molar-refractivity contribution is -0.134. The highest BCUT2D eigenvalue weighted by Gasteiger charge is 2.34. The second-order valence-electron chi connectivity index (χ2n) is 4.50. The van der Waals surface area contributed by atoms with Crippen LogP contribution in [0.2, 0.25) is 0 Å². The van der Waals surface area contributed by atoms with E-state index in [1.54, 1.807) is 7.11 Å². The molecule has 1 aliphatic carbocycles. The molecule has 0 aromatic carbocycles. The second kappa shape index (κ2) is 6.86. The molecule has 0 aliphatic heterocycles. The molecule has 0 bridgehead atoms. The minimum absolute atomic E-state index is 0.105. The molecule has 1 amide bonds. The molecule has 0 aromatic rings. The Morgan fingerprint density at radius 1 is 1.56 bits per heavy atom. The maximum atomic E-state index is 12.1. The van der Waals surface area contributed by atoms with E-state index in [0.717, 1.165) is 32.1 Å². The van der Waals surface area contributed by atoms with Crippen molar-refractivity contribution in [3.05, 3.63) is 0 Å². The van der Waals surface area contributed by atoms with Gasteiger partial charge in [-0.2, -0.15) is 0 Å². The summed E-state index contributed by atoms with van der Waals surface area (Å²) >= 11 is 0. The molecule has 0 heterocycles. The predicted octanol–water partition coefficient (Wildman–Crippen LogP) is 1.14. The molecule has 94 valence electrons. The molecular formula is C12H24N2O2. The number of rotatable bonds is 8. The average Bonchev–Trinajstić information content (AvgIpc) is 3.10. The monoisotopic (exact) mass is 228 g/mol. The molecule has 1 fully saturated rings. The zero-order valence-electron chi connectivity index (χ0n) is 10.4. The van der Waals surface area contributed by atoms with Gasteiger partial charge in [0.05, 0.1) is 12.6 Å². The van der Waals surface area contributed by atoms with Gasteiger partial charge in [-0.25, -0.2) is 0 Å². The van der Waals surface area contributed by atoms with Crippen LogP contribution < -0.4 is 5.73 Å². The zero-order valence-corrected chi connectivity index (χ0v) is 10.4. The Bertz CT molecular complexity index is 217. The lowest BCUT2D eigenvalue weighted by atomic mass is 10.1. The summed E-state index contributed by atoms with van der Waals surface area (Å²) in [6, 6.07) is 0.104. The number of carbonyl (C=O) groups is 1. The van der Waals surface area contributed by atoms with E-state index in [2.05, 4.69) is 6.92 Å². The molecule has 1 atom stereocenters.